The Hall–Kier alpha value is -4.28. The number of fused-ring (bicyclic) bond motifs is 1. The number of aromatic nitrogens is 3. The molecule has 0 fully saturated rings. The van der Waals surface area contributed by atoms with Gasteiger partial charge in [-0.15, -0.1) is 0 Å². The van der Waals surface area contributed by atoms with Crippen molar-refractivity contribution in [2.24, 2.45) is 0 Å². The minimum atomic E-state index is -3.37. The number of anilines is 1. The van der Waals surface area contributed by atoms with E-state index in [0.29, 0.717) is 28.1 Å². The quantitative estimate of drug-likeness (QED) is 0.289. The number of methoxy groups -OCH3 is 1. The molecule has 1 atom stereocenters. The summed E-state index contributed by atoms with van der Waals surface area (Å²) < 4.78 is 45.4. The Morgan fingerprint density at radius 1 is 1.15 bits per heavy atom. The number of amides is 1. The van der Waals surface area contributed by atoms with Gasteiger partial charge in [0.25, 0.3) is 12.3 Å². The number of carbonyl (C=O) groups is 1. The number of nitrogens with one attached hydrogen (secondary N) is 1. The highest BCUT2D eigenvalue weighted by molar-refractivity contribution is 5.98. The molecule has 0 aliphatic carbocycles. The van der Waals surface area contributed by atoms with Crippen LogP contribution in [0.2, 0.25) is 0 Å². The zero-order valence-electron chi connectivity index (χ0n) is 18.1. The van der Waals surface area contributed by atoms with Crippen molar-refractivity contribution in [1.29, 1.82) is 0 Å². The standard InChI is InChI=1S/C23H20F3N5O3/c1-11-17-19(23(33)29-10-28-17)31(18(11)12-3-5-13(27)6-4-12)14-7-8-15(16(9-14)34-2)22(32)30-21(26)20(24)25/h3-10,20-21H,27H2,1-2H3,(H,30,32)(H,28,29,33). The Balaban J connectivity index is 1.92. The number of ether oxygens (including phenoxy) is 1. The lowest BCUT2D eigenvalue weighted by Crippen LogP contribution is -2.36. The summed E-state index contributed by atoms with van der Waals surface area (Å²) >= 11 is 0. The van der Waals surface area contributed by atoms with E-state index in [-0.39, 0.29) is 17.2 Å². The van der Waals surface area contributed by atoms with Crippen LogP contribution in [0.4, 0.5) is 18.9 Å². The van der Waals surface area contributed by atoms with E-state index < -0.39 is 18.6 Å². The zero-order chi connectivity index (χ0) is 24.6. The van der Waals surface area contributed by atoms with Crippen LogP contribution in [0.5, 0.6) is 11.6 Å². The number of benzene rings is 2. The fraction of sp³-hybridized carbons (Fsp3) is 0.174. The summed E-state index contributed by atoms with van der Waals surface area (Å²) in [5, 5.41) is 12.2. The summed E-state index contributed by atoms with van der Waals surface area (Å²) in [7, 11) is 1.29. The van der Waals surface area contributed by atoms with Gasteiger partial charge in [0.1, 0.15) is 17.6 Å². The molecule has 2 heterocycles. The van der Waals surface area contributed by atoms with Crippen molar-refractivity contribution >= 4 is 22.6 Å². The topological polar surface area (TPSA) is 115 Å². The molecule has 4 N–H and O–H groups in total. The molecule has 4 aromatic rings. The third kappa shape index (κ3) is 3.96. The van der Waals surface area contributed by atoms with Crippen molar-refractivity contribution < 1.29 is 27.8 Å². The average Bonchev–Trinajstić information content (AvgIpc) is 3.12. The Kier molecular flexibility index (Phi) is 6.01. The van der Waals surface area contributed by atoms with E-state index in [1.807, 2.05) is 19.1 Å². The third-order valence-electron chi connectivity index (χ3n) is 5.32. The van der Waals surface area contributed by atoms with E-state index in [4.69, 9.17) is 10.5 Å². The van der Waals surface area contributed by atoms with Crippen molar-refractivity contribution in [3.8, 4) is 28.6 Å². The van der Waals surface area contributed by atoms with Crippen LogP contribution in [0.15, 0.2) is 48.8 Å². The number of halogens is 3. The number of rotatable bonds is 6. The number of aromatic hydroxyl groups is 1. The SMILES string of the molecule is COc1cc(-n2c(-c3ccc(N)cc3)c(C)c3ncnc(O)c32)ccc1C(=O)NC(F)C(F)F. The maximum atomic E-state index is 13.4. The maximum absolute atomic E-state index is 13.4. The first kappa shape index (κ1) is 22.9. The van der Waals surface area contributed by atoms with Gasteiger partial charge >= 0.3 is 0 Å². The summed E-state index contributed by atoms with van der Waals surface area (Å²) in [5.41, 5.74) is 9.70. The van der Waals surface area contributed by atoms with Crippen molar-refractivity contribution in [3.05, 3.63) is 59.9 Å². The molecule has 0 spiro atoms. The Labute approximate surface area is 191 Å². The highest BCUT2D eigenvalue weighted by atomic mass is 19.3. The molecule has 2 aromatic carbocycles. The molecule has 34 heavy (non-hydrogen) atoms. The van der Waals surface area contributed by atoms with Gasteiger partial charge in [0.15, 0.2) is 0 Å². The molecule has 0 bridgehead atoms. The van der Waals surface area contributed by atoms with Crippen LogP contribution in [0.1, 0.15) is 15.9 Å². The number of nitrogens with two attached hydrogens (primary N) is 1. The van der Waals surface area contributed by atoms with E-state index in [1.165, 1.54) is 31.6 Å². The largest absolute Gasteiger partial charge is 0.496 e. The first-order valence-corrected chi connectivity index (χ1v) is 10.0. The second kappa shape index (κ2) is 8.93. The summed E-state index contributed by atoms with van der Waals surface area (Å²) in [4.78, 5) is 20.5. The molecule has 1 unspecified atom stereocenters. The molecule has 8 nitrogen and oxygen atoms in total. The molecule has 0 radical (unpaired) electrons. The van der Waals surface area contributed by atoms with Crippen molar-refractivity contribution in [3.63, 3.8) is 0 Å². The van der Waals surface area contributed by atoms with Crippen LogP contribution in [0.3, 0.4) is 0 Å². The normalized spacial score (nSPS) is 12.2. The van der Waals surface area contributed by atoms with E-state index in [1.54, 1.807) is 22.0 Å². The van der Waals surface area contributed by atoms with Crippen LogP contribution < -0.4 is 15.8 Å². The monoisotopic (exact) mass is 471 g/mol. The lowest BCUT2D eigenvalue weighted by molar-refractivity contribution is 0.0286. The van der Waals surface area contributed by atoms with Gasteiger partial charge in [-0.2, -0.15) is 0 Å². The third-order valence-corrected chi connectivity index (χ3v) is 5.32. The Morgan fingerprint density at radius 3 is 2.50 bits per heavy atom. The minimum Gasteiger partial charge on any atom is -0.496 e. The molecule has 4 rings (SSSR count). The van der Waals surface area contributed by atoms with Crippen LogP contribution in [-0.4, -0.2) is 45.4 Å². The van der Waals surface area contributed by atoms with Crippen molar-refractivity contribution in [1.82, 2.24) is 19.9 Å². The molecule has 0 aliphatic rings. The summed E-state index contributed by atoms with van der Waals surface area (Å²) in [6.45, 7) is 1.84. The average molecular weight is 471 g/mol. The van der Waals surface area contributed by atoms with Gasteiger partial charge in [0.2, 0.25) is 12.2 Å². The predicted octanol–water partition coefficient (Wildman–Crippen LogP) is 3.98. The van der Waals surface area contributed by atoms with E-state index in [2.05, 4.69) is 9.97 Å². The first-order valence-electron chi connectivity index (χ1n) is 10.0. The Morgan fingerprint density at radius 2 is 1.85 bits per heavy atom. The maximum Gasteiger partial charge on any atom is 0.287 e. The minimum absolute atomic E-state index is 0.00978. The van der Waals surface area contributed by atoms with Gasteiger partial charge < -0.3 is 25.5 Å². The second-order valence-corrected chi connectivity index (χ2v) is 7.42. The molecule has 2 aromatic heterocycles. The van der Waals surface area contributed by atoms with Gasteiger partial charge in [0.05, 0.1) is 29.6 Å². The first-order chi connectivity index (χ1) is 16.2. The molecular weight excluding hydrogens is 451 g/mol. The number of hydrogen-bond acceptors (Lipinski definition) is 6. The zero-order valence-corrected chi connectivity index (χ0v) is 18.1. The fourth-order valence-corrected chi connectivity index (χ4v) is 3.76. The number of hydrogen-bond donors (Lipinski definition) is 3. The fourth-order valence-electron chi connectivity index (χ4n) is 3.76. The lowest BCUT2D eigenvalue weighted by Gasteiger charge is -2.16. The molecule has 0 saturated carbocycles. The number of aryl methyl sites for hydroxylation is 1. The van der Waals surface area contributed by atoms with Gasteiger partial charge in [-0.1, -0.05) is 12.1 Å². The van der Waals surface area contributed by atoms with Crippen molar-refractivity contribution in [2.45, 2.75) is 19.6 Å². The number of carbonyl (C=O) groups excluding carboxylic acids is 1. The second-order valence-electron chi connectivity index (χ2n) is 7.42. The lowest BCUT2D eigenvalue weighted by atomic mass is 10.1. The van der Waals surface area contributed by atoms with Gasteiger partial charge in [-0.05, 0) is 36.8 Å². The predicted molar refractivity (Wildman–Crippen MR) is 120 cm³/mol. The van der Waals surface area contributed by atoms with E-state index >= 15 is 0 Å². The molecule has 11 heteroatoms. The van der Waals surface area contributed by atoms with Crippen LogP contribution in [0.25, 0.3) is 28.0 Å². The van der Waals surface area contributed by atoms with Gasteiger partial charge in [-0.25, -0.2) is 23.1 Å². The van der Waals surface area contributed by atoms with Crippen molar-refractivity contribution in [2.75, 3.05) is 12.8 Å². The smallest absolute Gasteiger partial charge is 0.287 e. The van der Waals surface area contributed by atoms with Crippen LogP contribution in [-0.2, 0) is 0 Å². The van der Waals surface area contributed by atoms with E-state index in [0.717, 1.165) is 11.1 Å². The molecule has 0 saturated heterocycles. The van der Waals surface area contributed by atoms with E-state index in [9.17, 15) is 23.1 Å². The number of alkyl halides is 3. The summed E-state index contributed by atoms with van der Waals surface area (Å²) in [6, 6.07) is 11.4. The van der Waals surface area contributed by atoms with Gasteiger partial charge in [-0.3, -0.25) is 4.79 Å². The molecular formula is C23H20F3N5O3. The van der Waals surface area contributed by atoms with Gasteiger partial charge in [0, 0.05) is 17.3 Å². The Bertz CT molecular complexity index is 1370. The highest BCUT2D eigenvalue weighted by Crippen LogP contribution is 2.39. The molecule has 1 amide bonds. The van der Waals surface area contributed by atoms with Crippen LogP contribution in [0, 0.1) is 6.92 Å². The number of nitrogen functional groups attached to an aromatic ring is 1. The van der Waals surface area contributed by atoms with Crippen LogP contribution >= 0.6 is 0 Å². The number of nitrogens with zero attached hydrogens (tertiary/aromatic N) is 3. The summed E-state index contributed by atoms with van der Waals surface area (Å²) in [5.74, 6) is -1.32. The highest BCUT2D eigenvalue weighted by Gasteiger charge is 2.25. The molecule has 176 valence electrons. The summed E-state index contributed by atoms with van der Waals surface area (Å²) in [6.07, 6.45) is -4.94. The molecule has 0 aliphatic heterocycles.